The maximum atomic E-state index is 12.5. The molecule has 6 rings (SSSR count). The van der Waals surface area contributed by atoms with Crippen LogP contribution in [0.1, 0.15) is 50.2 Å². The molecular weight excluding hydrogens is 344 g/mol. The molecule has 4 aliphatic rings. The number of hydrogen-bond donors (Lipinski definition) is 3. The number of hydrogen-bond acceptors (Lipinski definition) is 3. The van der Waals surface area contributed by atoms with Crippen molar-refractivity contribution in [3.63, 3.8) is 0 Å². The maximum absolute atomic E-state index is 12.5. The molecule has 4 bridgehead atoms. The van der Waals surface area contributed by atoms with Crippen LogP contribution < -0.4 is 10.6 Å². The molecule has 4 fully saturated rings. The lowest BCUT2D eigenvalue weighted by Crippen LogP contribution is -2.61. The van der Waals surface area contributed by atoms with Crippen LogP contribution >= 0.6 is 11.3 Å². The number of aliphatic hydroxyl groups excluding tert-OH is 1. The van der Waals surface area contributed by atoms with Gasteiger partial charge >= 0.3 is 6.03 Å². The summed E-state index contributed by atoms with van der Waals surface area (Å²) in [6.45, 7) is 0.249. The van der Waals surface area contributed by atoms with Gasteiger partial charge in [-0.1, -0.05) is 18.2 Å². The zero-order valence-corrected chi connectivity index (χ0v) is 15.7. The average Bonchev–Trinajstić information content (AvgIpc) is 3.02. The number of benzene rings is 1. The Morgan fingerprint density at radius 1 is 1.15 bits per heavy atom. The van der Waals surface area contributed by atoms with Crippen LogP contribution in [-0.2, 0) is 0 Å². The Hall–Kier alpha value is -1.59. The van der Waals surface area contributed by atoms with E-state index in [-0.39, 0.29) is 18.1 Å². The van der Waals surface area contributed by atoms with Gasteiger partial charge in [-0.2, -0.15) is 0 Å². The third kappa shape index (κ3) is 2.91. The van der Waals surface area contributed by atoms with Crippen molar-refractivity contribution >= 4 is 27.5 Å². The summed E-state index contributed by atoms with van der Waals surface area (Å²) in [5.74, 6) is 2.43. The van der Waals surface area contributed by atoms with Crippen molar-refractivity contribution in [2.75, 3.05) is 6.54 Å². The summed E-state index contributed by atoms with van der Waals surface area (Å²) in [5.41, 5.74) is 0.916. The Kier molecular flexibility index (Phi) is 3.98. The van der Waals surface area contributed by atoms with Crippen LogP contribution in [-0.4, -0.2) is 23.2 Å². The number of carbonyl (C=O) groups excluding carboxylic acids is 1. The molecule has 0 aliphatic heterocycles. The fourth-order valence-corrected chi connectivity index (χ4v) is 7.11. The van der Waals surface area contributed by atoms with Crippen LogP contribution in [0.5, 0.6) is 0 Å². The predicted molar refractivity (Wildman–Crippen MR) is 104 cm³/mol. The highest BCUT2D eigenvalue weighted by molar-refractivity contribution is 7.17. The van der Waals surface area contributed by atoms with Crippen LogP contribution in [0.2, 0.25) is 0 Å². The number of fused-ring (bicyclic) bond motifs is 1. The number of aliphatic hydroxyl groups is 1. The molecular formula is C21H26N2O2S. The van der Waals surface area contributed by atoms with Crippen LogP contribution in [0.15, 0.2) is 29.6 Å². The number of nitrogens with one attached hydrogen (secondary N) is 2. The number of urea groups is 1. The molecule has 1 aromatic carbocycles. The van der Waals surface area contributed by atoms with Gasteiger partial charge in [-0.15, -0.1) is 11.3 Å². The van der Waals surface area contributed by atoms with Gasteiger partial charge in [0.1, 0.15) is 0 Å². The van der Waals surface area contributed by atoms with E-state index in [2.05, 4.69) is 16.7 Å². The molecule has 4 aliphatic carbocycles. The van der Waals surface area contributed by atoms with E-state index in [4.69, 9.17) is 0 Å². The van der Waals surface area contributed by atoms with Gasteiger partial charge in [0.25, 0.3) is 0 Å². The van der Waals surface area contributed by atoms with Crippen molar-refractivity contribution < 1.29 is 9.90 Å². The summed E-state index contributed by atoms with van der Waals surface area (Å²) >= 11 is 1.63. The topological polar surface area (TPSA) is 61.4 Å². The van der Waals surface area contributed by atoms with E-state index in [1.165, 1.54) is 24.0 Å². The molecule has 2 amide bonds. The standard InChI is InChI=1S/C21H26N2O2S/c24-18(17-12-26-19-4-2-1-3-16(17)19)11-22-20(25)23-21-8-13-5-14(9-21)7-15(6-13)10-21/h1-4,12-15,18,24H,5-11H2,(H2,22,23,25). The molecule has 5 heteroatoms. The first-order valence-electron chi connectivity index (χ1n) is 9.80. The van der Waals surface area contributed by atoms with Crippen LogP contribution in [0.3, 0.4) is 0 Å². The minimum Gasteiger partial charge on any atom is -0.387 e. The first kappa shape index (κ1) is 16.6. The lowest BCUT2D eigenvalue weighted by molar-refractivity contribution is -0.0136. The summed E-state index contributed by atoms with van der Waals surface area (Å²) < 4.78 is 1.17. The van der Waals surface area contributed by atoms with Gasteiger partial charge in [-0.25, -0.2) is 4.79 Å². The van der Waals surface area contributed by atoms with Gasteiger partial charge in [0.2, 0.25) is 0 Å². The number of carbonyl (C=O) groups is 1. The van der Waals surface area contributed by atoms with E-state index < -0.39 is 6.10 Å². The van der Waals surface area contributed by atoms with Crippen LogP contribution in [0, 0.1) is 17.8 Å². The smallest absolute Gasteiger partial charge is 0.315 e. The Bertz CT molecular complexity index is 795. The van der Waals surface area contributed by atoms with E-state index in [0.29, 0.717) is 0 Å². The Morgan fingerprint density at radius 3 is 2.50 bits per heavy atom. The van der Waals surface area contributed by atoms with Crippen LogP contribution in [0.25, 0.3) is 10.1 Å². The van der Waals surface area contributed by atoms with Crippen molar-refractivity contribution in [1.29, 1.82) is 0 Å². The molecule has 0 radical (unpaired) electrons. The SMILES string of the molecule is O=C(NCC(O)c1csc2ccccc12)NC12CC3CC(CC(C3)C1)C2. The molecule has 1 unspecified atom stereocenters. The molecule has 1 aromatic heterocycles. The summed E-state index contributed by atoms with van der Waals surface area (Å²) in [4.78, 5) is 12.5. The van der Waals surface area contributed by atoms with Crippen molar-refractivity contribution in [1.82, 2.24) is 10.6 Å². The molecule has 26 heavy (non-hydrogen) atoms. The van der Waals surface area contributed by atoms with Crippen molar-refractivity contribution in [3.05, 3.63) is 35.2 Å². The predicted octanol–water partition coefficient (Wildman–Crippen LogP) is 4.20. The lowest BCUT2D eigenvalue weighted by Gasteiger charge is -2.56. The first-order valence-corrected chi connectivity index (χ1v) is 10.7. The van der Waals surface area contributed by atoms with Gasteiger partial charge in [0.05, 0.1) is 6.10 Å². The zero-order valence-electron chi connectivity index (χ0n) is 14.9. The van der Waals surface area contributed by atoms with Crippen molar-refractivity contribution in [2.45, 2.75) is 50.2 Å². The highest BCUT2D eigenvalue weighted by Gasteiger charge is 2.51. The number of amides is 2. The molecule has 4 nitrogen and oxygen atoms in total. The zero-order chi connectivity index (χ0) is 17.7. The van der Waals surface area contributed by atoms with Crippen LogP contribution in [0.4, 0.5) is 4.79 Å². The van der Waals surface area contributed by atoms with E-state index in [0.717, 1.165) is 48.0 Å². The lowest BCUT2D eigenvalue weighted by atomic mass is 9.53. The fourth-order valence-electron chi connectivity index (χ4n) is 6.10. The molecule has 3 N–H and O–H groups in total. The van der Waals surface area contributed by atoms with E-state index in [1.54, 1.807) is 11.3 Å². The Labute approximate surface area is 158 Å². The van der Waals surface area contributed by atoms with E-state index >= 15 is 0 Å². The Morgan fingerprint density at radius 2 is 1.81 bits per heavy atom. The highest BCUT2D eigenvalue weighted by atomic mass is 32.1. The third-order valence-electron chi connectivity index (χ3n) is 6.74. The quantitative estimate of drug-likeness (QED) is 0.755. The van der Waals surface area contributed by atoms with Gasteiger partial charge in [0.15, 0.2) is 0 Å². The fraction of sp³-hybridized carbons (Fsp3) is 0.571. The summed E-state index contributed by atoms with van der Waals surface area (Å²) in [6, 6.07) is 7.96. The second kappa shape index (κ2) is 6.24. The first-order chi connectivity index (χ1) is 12.6. The second-order valence-electron chi connectivity index (χ2n) is 8.74. The molecule has 4 saturated carbocycles. The van der Waals surface area contributed by atoms with E-state index in [1.807, 2.05) is 23.6 Å². The van der Waals surface area contributed by atoms with Crippen molar-refractivity contribution in [3.8, 4) is 0 Å². The van der Waals surface area contributed by atoms with Crippen molar-refractivity contribution in [2.24, 2.45) is 17.8 Å². The van der Waals surface area contributed by atoms with Gasteiger partial charge in [-0.05, 0) is 73.1 Å². The molecule has 1 atom stereocenters. The number of rotatable bonds is 4. The molecule has 0 saturated heterocycles. The summed E-state index contributed by atoms with van der Waals surface area (Å²) in [5, 5.41) is 19.8. The number of thiophene rings is 1. The Balaban J connectivity index is 1.21. The van der Waals surface area contributed by atoms with Gasteiger partial charge in [-0.3, -0.25) is 0 Å². The molecule has 138 valence electrons. The summed E-state index contributed by atoms with van der Waals surface area (Å²) in [6.07, 6.45) is 6.86. The molecule has 0 spiro atoms. The average molecular weight is 371 g/mol. The minimum absolute atomic E-state index is 0.0128. The highest BCUT2D eigenvalue weighted by Crippen LogP contribution is 2.55. The maximum Gasteiger partial charge on any atom is 0.315 e. The molecule has 1 heterocycles. The normalized spacial score (nSPS) is 33.3. The van der Waals surface area contributed by atoms with E-state index in [9.17, 15) is 9.90 Å². The molecule has 2 aromatic rings. The van der Waals surface area contributed by atoms with Gasteiger partial charge in [0, 0.05) is 22.3 Å². The minimum atomic E-state index is -0.673. The monoisotopic (exact) mass is 370 g/mol. The largest absolute Gasteiger partial charge is 0.387 e. The third-order valence-corrected chi connectivity index (χ3v) is 7.72. The van der Waals surface area contributed by atoms with Gasteiger partial charge < -0.3 is 15.7 Å². The second-order valence-corrected chi connectivity index (χ2v) is 9.65. The summed E-state index contributed by atoms with van der Waals surface area (Å²) in [7, 11) is 0.